The van der Waals surface area contributed by atoms with Gasteiger partial charge in [-0.1, -0.05) is 36.4 Å². The fraction of sp³-hybridized carbons (Fsp3) is 0. The normalized spacial score (nSPS) is 11.4. The monoisotopic (exact) mass is 398 g/mol. The third kappa shape index (κ3) is 3.77. The number of phenols is 1. The van der Waals surface area contributed by atoms with Gasteiger partial charge in [0.2, 0.25) is 5.91 Å². The number of anilines is 1. The molecule has 2 aromatic carbocycles. The van der Waals surface area contributed by atoms with E-state index in [1.54, 1.807) is 48.8 Å². The first-order chi connectivity index (χ1) is 14.5. The van der Waals surface area contributed by atoms with E-state index in [0.29, 0.717) is 39.0 Å². The predicted octanol–water partition coefficient (Wildman–Crippen LogP) is 3.55. The summed E-state index contributed by atoms with van der Waals surface area (Å²) in [6.45, 7) is 0. The number of aromatic amines is 1. The molecule has 7 nitrogen and oxygen atoms in total. The molecule has 5 N–H and O–H groups in total. The summed E-state index contributed by atoms with van der Waals surface area (Å²) < 4.78 is 0. The largest absolute Gasteiger partial charge is 0.508 e. The van der Waals surface area contributed by atoms with E-state index in [1.807, 2.05) is 18.2 Å². The summed E-state index contributed by atoms with van der Waals surface area (Å²) in [4.78, 5) is 32.1. The molecule has 7 heteroatoms. The molecule has 4 rings (SSSR count). The van der Waals surface area contributed by atoms with Crippen molar-refractivity contribution >= 4 is 40.2 Å². The molecular formula is C23H18N4O3. The number of amides is 2. The van der Waals surface area contributed by atoms with Gasteiger partial charge in [-0.3, -0.25) is 9.59 Å². The molecule has 0 aliphatic carbocycles. The van der Waals surface area contributed by atoms with Crippen LogP contribution in [0.4, 0.5) is 5.69 Å². The number of benzene rings is 2. The highest BCUT2D eigenvalue weighted by Crippen LogP contribution is 2.29. The Morgan fingerprint density at radius 3 is 2.53 bits per heavy atom. The lowest BCUT2D eigenvalue weighted by atomic mass is 10.0. The van der Waals surface area contributed by atoms with Crippen LogP contribution in [-0.2, 0) is 4.79 Å². The van der Waals surface area contributed by atoms with Gasteiger partial charge in [-0.25, -0.2) is 4.98 Å². The summed E-state index contributed by atoms with van der Waals surface area (Å²) in [5.74, 6) is -0.945. The number of carbonyl (C=O) groups excluding carboxylic acids is 2. The molecule has 0 aliphatic heterocycles. The number of hydrogen-bond acceptors (Lipinski definition) is 4. The molecule has 0 aliphatic rings. The number of nitrogens with zero attached hydrogens (tertiary/aromatic N) is 1. The minimum atomic E-state index is -0.565. The van der Waals surface area contributed by atoms with Gasteiger partial charge in [-0.2, -0.15) is 0 Å². The van der Waals surface area contributed by atoms with Gasteiger partial charge in [-0.15, -0.1) is 0 Å². The molecule has 0 spiro atoms. The molecule has 0 unspecified atom stereocenters. The summed E-state index contributed by atoms with van der Waals surface area (Å²) in [6.07, 6.45) is 4.94. The van der Waals surface area contributed by atoms with Crippen LogP contribution >= 0.6 is 0 Å². The van der Waals surface area contributed by atoms with Crippen LogP contribution in [0.15, 0.2) is 73.1 Å². The van der Waals surface area contributed by atoms with Crippen molar-refractivity contribution in [1.29, 1.82) is 0 Å². The minimum absolute atomic E-state index is 0.00162. The van der Waals surface area contributed by atoms with Gasteiger partial charge < -0.3 is 21.1 Å². The third-order valence-corrected chi connectivity index (χ3v) is 4.61. The minimum Gasteiger partial charge on any atom is -0.508 e. The fourth-order valence-electron chi connectivity index (χ4n) is 3.21. The van der Waals surface area contributed by atoms with Crippen molar-refractivity contribution in [2.75, 3.05) is 5.32 Å². The zero-order valence-electron chi connectivity index (χ0n) is 15.8. The quantitative estimate of drug-likeness (QED) is 0.384. The van der Waals surface area contributed by atoms with E-state index in [-0.39, 0.29) is 11.7 Å². The Morgan fingerprint density at radius 2 is 1.80 bits per heavy atom. The summed E-state index contributed by atoms with van der Waals surface area (Å²) in [5.41, 5.74) is 8.67. The van der Waals surface area contributed by atoms with Crippen LogP contribution in [0, 0.1) is 0 Å². The SMILES string of the molecule is NC(=O)/C(=C\c1c[nH]c2nccc(NC(=O)c3cccc(O)c3)c12)c1ccccc1. The molecule has 4 aromatic rings. The van der Waals surface area contributed by atoms with Gasteiger partial charge in [0.25, 0.3) is 5.91 Å². The first-order valence-corrected chi connectivity index (χ1v) is 9.16. The fourth-order valence-corrected chi connectivity index (χ4v) is 3.21. The van der Waals surface area contributed by atoms with E-state index in [4.69, 9.17) is 5.73 Å². The average molecular weight is 398 g/mol. The van der Waals surface area contributed by atoms with Crippen molar-refractivity contribution < 1.29 is 14.7 Å². The third-order valence-electron chi connectivity index (χ3n) is 4.61. The van der Waals surface area contributed by atoms with Crippen molar-refractivity contribution in [1.82, 2.24) is 9.97 Å². The smallest absolute Gasteiger partial charge is 0.255 e. The number of nitrogens with two attached hydrogens (primary N) is 1. The van der Waals surface area contributed by atoms with Crippen molar-refractivity contribution in [3.8, 4) is 5.75 Å². The number of H-pyrrole nitrogens is 1. The topological polar surface area (TPSA) is 121 Å². The van der Waals surface area contributed by atoms with Crippen LogP contribution in [0.25, 0.3) is 22.7 Å². The van der Waals surface area contributed by atoms with Gasteiger partial charge in [-0.05, 0) is 35.9 Å². The second-order valence-corrected chi connectivity index (χ2v) is 6.62. The number of hydrogen-bond donors (Lipinski definition) is 4. The van der Waals surface area contributed by atoms with Crippen LogP contribution in [0.2, 0.25) is 0 Å². The van der Waals surface area contributed by atoms with Crippen LogP contribution in [0.1, 0.15) is 21.5 Å². The lowest BCUT2D eigenvalue weighted by Crippen LogP contribution is -2.13. The lowest BCUT2D eigenvalue weighted by molar-refractivity contribution is -0.112. The maximum absolute atomic E-state index is 12.7. The van der Waals surface area contributed by atoms with E-state index in [9.17, 15) is 14.7 Å². The predicted molar refractivity (Wildman–Crippen MR) is 116 cm³/mol. The molecule has 148 valence electrons. The number of carbonyl (C=O) groups is 2. The summed E-state index contributed by atoms with van der Waals surface area (Å²) in [7, 11) is 0. The molecular weight excluding hydrogens is 380 g/mol. The second kappa shape index (κ2) is 7.92. The van der Waals surface area contributed by atoms with Gasteiger partial charge in [0, 0.05) is 34.5 Å². The number of nitrogens with one attached hydrogen (secondary N) is 2. The number of pyridine rings is 1. The maximum atomic E-state index is 12.7. The Hall–Kier alpha value is -4.39. The van der Waals surface area contributed by atoms with E-state index in [2.05, 4.69) is 15.3 Å². The number of fused-ring (bicyclic) bond motifs is 1. The maximum Gasteiger partial charge on any atom is 0.255 e. The summed E-state index contributed by atoms with van der Waals surface area (Å²) >= 11 is 0. The van der Waals surface area contributed by atoms with E-state index < -0.39 is 5.91 Å². The highest BCUT2D eigenvalue weighted by Gasteiger charge is 2.15. The molecule has 0 atom stereocenters. The number of aromatic hydroxyl groups is 1. The number of aromatic nitrogens is 2. The van der Waals surface area contributed by atoms with Crippen LogP contribution < -0.4 is 11.1 Å². The van der Waals surface area contributed by atoms with E-state index >= 15 is 0 Å². The molecule has 0 fully saturated rings. The first-order valence-electron chi connectivity index (χ1n) is 9.16. The highest BCUT2D eigenvalue weighted by atomic mass is 16.3. The molecule has 0 radical (unpaired) electrons. The number of rotatable bonds is 5. The molecule has 0 bridgehead atoms. The van der Waals surface area contributed by atoms with Crippen molar-refractivity contribution in [3.05, 3.63) is 89.7 Å². The van der Waals surface area contributed by atoms with Gasteiger partial charge in [0.1, 0.15) is 11.4 Å². The van der Waals surface area contributed by atoms with Crippen molar-refractivity contribution in [2.24, 2.45) is 5.73 Å². The van der Waals surface area contributed by atoms with E-state index in [1.165, 1.54) is 12.1 Å². The zero-order valence-corrected chi connectivity index (χ0v) is 15.8. The van der Waals surface area contributed by atoms with Crippen LogP contribution in [0.5, 0.6) is 5.75 Å². The van der Waals surface area contributed by atoms with Crippen LogP contribution in [-0.4, -0.2) is 26.9 Å². The standard InChI is InChI=1S/C23H18N4O3/c24-21(29)18(14-5-2-1-3-6-14)12-16-13-26-22-20(16)19(9-10-25-22)27-23(30)15-7-4-8-17(28)11-15/h1-13,28H,(H2,24,29)(H2,25,26,27,30)/b18-12-. The first kappa shape index (κ1) is 18.9. The molecule has 2 heterocycles. The Balaban J connectivity index is 1.78. The molecule has 2 amide bonds. The highest BCUT2D eigenvalue weighted by molar-refractivity contribution is 6.24. The Morgan fingerprint density at radius 1 is 1.03 bits per heavy atom. The Kier molecular flexibility index (Phi) is 5.00. The number of primary amides is 1. The molecule has 30 heavy (non-hydrogen) atoms. The summed E-state index contributed by atoms with van der Waals surface area (Å²) in [5, 5.41) is 13.1. The Labute approximate surface area is 171 Å². The van der Waals surface area contributed by atoms with Gasteiger partial charge in [0.15, 0.2) is 0 Å². The zero-order chi connectivity index (χ0) is 21.1. The molecule has 2 aromatic heterocycles. The van der Waals surface area contributed by atoms with Gasteiger partial charge in [0.05, 0.1) is 5.69 Å². The molecule has 0 saturated heterocycles. The average Bonchev–Trinajstić information content (AvgIpc) is 3.16. The van der Waals surface area contributed by atoms with Gasteiger partial charge >= 0.3 is 0 Å². The van der Waals surface area contributed by atoms with Crippen LogP contribution in [0.3, 0.4) is 0 Å². The number of phenolic OH excluding ortho intramolecular Hbond substituents is 1. The van der Waals surface area contributed by atoms with Crippen molar-refractivity contribution in [3.63, 3.8) is 0 Å². The second-order valence-electron chi connectivity index (χ2n) is 6.62. The van der Waals surface area contributed by atoms with Crippen molar-refractivity contribution in [2.45, 2.75) is 0 Å². The summed E-state index contributed by atoms with van der Waals surface area (Å²) in [6, 6.07) is 16.8. The molecule has 0 saturated carbocycles. The Bertz CT molecular complexity index is 1280. The lowest BCUT2D eigenvalue weighted by Gasteiger charge is -2.08. The van der Waals surface area contributed by atoms with E-state index in [0.717, 1.165) is 0 Å².